The van der Waals surface area contributed by atoms with E-state index in [0.717, 1.165) is 18.5 Å². The van der Waals surface area contributed by atoms with Gasteiger partial charge in [0.1, 0.15) is 23.6 Å². The Balaban J connectivity index is 1.35. The molecule has 1 aliphatic heterocycles. The number of aliphatic hydroxyl groups excluding tert-OH is 1. The molecule has 1 amide bonds. The first-order valence-electron chi connectivity index (χ1n) is 12.0. The van der Waals surface area contributed by atoms with Crippen LogP contribution in [0.3, 0.4) is 0 Å². The van der Waals surface area contributed by atoms with Crippen LogP contribution in [0.5, 0.6) is 0 Å². The number of likely N-dealkylation sites (N-methyl/N-ethyl adjacent to an activating group) is 1. The summed E-state index contributed by atoms with van der Waals surface area (Å²) >= 11 is 0. The molecule has 2 N–H and O–H groups in total. The normalized spacial score (nSPS) is 14.2. The van der Waals surface area contributed by atoms with E-state index in [1.165, 1.54) is 36.6 Å². The average Bonchev–Trinajstić information content (AvgIpc) is 3.27. The maximum absolute atomic E-state index is 15.2. The van der Waals surface area contributed by atoms with Crippen molar-refractivity contribution in [3.8, 4) is 0 Å². The van der Waals surface area contributed by atoms with Crippen LogP contribution in [0.4, 0.5) is 30.6 Å². The fourth-order valence-electron chi connectivity index (χ4n) is 4.57. The van der Waals surface area contributed by atoms with Crippen molar-refractivity contribution >= 4 is 34.4 Å². The molecule has 1 fully saturated rings. The van der Waals surface area contributed by atoms with Crippen LogP contribution >= 0.6 is 0 Å². The van der Waals surface area contributed by atoms with Crippen molar-refractivity contribution in [1.29, 1.82) is 0 Å². The van der Waals surface area contributed by atoms with Crippen molar-refractivity contribution in [3.63, 3.8) is 0 Å². The summed E-state index contributed by atoms with van der Waals surface area (Å²) in [7, 11) is 1.51. The number of anilines is 3. The summed E-state index contributed by atoms with van der Waals surface area (Å²) in [6.07, 6.45) is 6.21. The summed E-state index contributed by atoms with van der Waals surface area (Å²) in [5.41, 5.74) is 0.506. The molecular formula is C25H25F3N8O2. The topological polar surface area (TPSA) is 112 Å². The summed E-state index contributed by atoms with van der Waals surface area (Å²) in [5.74, 6) is -1.66. The SMILES string of the molecule is CN(CCO)C(=O)c1ccc(Nc2ncnc3c2c(F)cn3C2CCN(c3ncc(F)cn3)CC2)c(F)c1. The highest BCUT2D eigenvalue weighted by Crippen LogP contribution is 2.33. The number of fused-ring (bicyclic) bond motifs is 1. The van der Waals surface area contributed by atoms with Crippen LogP contribution in [-0.2, 0) is 0 Å². The summed E-state index contributed by atoms with van der Waals surface area (Å²) in [5, 5.41) is 12.0. The number of nitrogens with one attached hydrogen (secondary N) is 1. The van der Waals surface area contributed by atoms with Crippen LogP contribution in [0.25, 0.3) is 11.0 Å². The Morgan fingerprint density at radius 1 is 1.11 bits per heavy atom. The Bertz CT molecular complexity index is 1460. The van der Waals surface area contributed by atoms with E-state index in [1.807, 2.05) is 4.90 Å². The van der Waals surface area contributed by atoms with Crippen molar-refractivity contribution in [1.82, 2.24) is 29.4 Å². The number of nitrogens with zero attached hydrogens (tertiary/aromatic N) is 7. The number of piperidine rings is 1. The molecule has 0 saturated carbocycles. The second kappa shape index (κ2) is 10.6. The van der Waals surface area contributed by atoms with Crippen molar-refractivity contribution in [2.45, 2.75) is 18.9 Å². The van der Waals surface area contributed by atoms with E-state index < -0.39 is 23.4 Å². The predicted octanol–water partition coefficient (Wildman–Crippen LogP) is 3.29. The number of amides is 1. The monoisotopic (exact) mass is 526 g/mol. The average molecular weight is 527 g/mol. The number of rotatable bonds is 7. The zero-order valence-corrected chi connectivity index (χ0v) is 20.5. The summed E-state index contributed by atoms with van der Waals surface area (Å²) in [4.78, 5) is 32.1. The minimum atomic E-state index is -0.713. The third-order valence-corrected chi connectivity index (χ3v) is 6.56. The van der Waals surface area contributed by atoms with E-state index >= 15 is 4.39 Å². The van der Waals surface area contributed by atoms with Crippen LogP contribution in [-0.4, -0.2) is 73.7 Å². The van der Waals surface area contributed by atoms with Gasteiger partial charge in [0.15, 0.2) is 11.6 Å². The third-order valence-electron chi connectivity index (χ3n) is 6.56. The molecule has 1 aliphatic rings. The van der Waals surface area contributed by atoms with E-state index in [-0.39, 0.29) is 41.6 Å². The maximum Gasteiger partial charge on any atom is 0.253 e. The lowest BCUT2D eigenvalue weighted by Crippen LogP contribution is -2.35. The molecule has 198 valence electrons. The number of aliphatic hydroxyl groups is 1. The van der Waals surface area contributed by atoms with Gasteiger partial charge in [0, 0.05) is 44.5 Å². The van der Waals surface area contributed by atoms with Gasteiger partial charge in [-0.15, -0.1) is 0 Å². The van der Waals surface area contributed by atoms with Crippen LogP contribution in [0.1, 0.15) is 29.2 Å². The summed E-state index contributed by atoms with van der Waals surface area (Å²) in [6.45, 7) is 1.10. The molecule has 10 nitrogen and oxygen atoms in total. The fraction of sp³-hybridized carbons (Fsp3) is 0.320. The molecule has 38 heavy (non-hydrogen) atoms. The molecule has 0 spiro atoms. The second-order valence-electron chi connectivity index (χ2n) is 8.99. The highest BCUT2D eigenvalue weighted by Gasteiger charge is 2.26. The molecule has 5 rings (SSSR count). The predicted molar refractivity (Wildman–Crippen MR) is 134 cm³/mol. The second-order valence-corrected chi connectivity index (χ2v) is 8.99. The van der Waals surface area contributed by atoms with Gasteiger partial charge >= 0.3 is 0 Å². The Labute approximate surface area is 215 Å². The van der Waals surface area contributed by atoms with Gasteiger partial charge in [0.25, 0.3) is 5.91 Å². The lowest BCUT2D eigenvalue weighted by molar-refractivity contribution is 0.0766. The Kier molecular flexibility index (Phi) is 7.09. The van der Waals surface area contributed by atoms with E-state index in [4.69, 9.17) is 5.11 Å². The highest BCUT2D eigenvalue weighted by atomic mass is 19.1. The Morgan fingerprint density at radius 2 is 1.84 bits per heavy atom. The molecule has 1 aromatic carbocycles. The number of hydrogen-bond acceptors (Lipinski definition) is 8. The molecule has 0 radical (unpaired) electrons. The first kappa shape index (κ1) is 25.4. The molecule has 0 unspecified atom stereocenters. The zero-order valence-electron chi connectivity index (χ0n) is 20.5. The van der Waals surface area contributed by atoms with Gasteiger partial charge in [-0.1, -0.05) is 0 Å². The van der Waals surface area contributed by atoms with Gasteiger partial charge in [-0.25, -0.2) is 33.1 Å². The standard InChI is InChI=1S/C25H25F3N8O2/c1-34(8-9-37)24(38)15-2-3-20(18(27)10-15)33-22-21-19(28)13-36(23(21)32-14-31-22)17-4-6-35(7-5-17)25-29-11-16(26)12-30-25/h2-3,10-14,17,37H,4-9H2,1H3,(H,31,32,33). The molecule has 4 heterocycles. The van der Waals surface area contributed by atoms with Crippen LogP contribution in [0.15, 0.2) is 43.1 Å². The van der Waals surface area contributed by atoms with Crippen molar-refractivity contribution in [2.24, 2.45) is 0 Å². The minimum absolute atomic E-state index is 0.0196. The number of hydrogen-bond donors (Lipinski definition) is 2. The lowest BCUT2D eigenvalue weighted by atomic mass is 10.1. The maximum atomic E-state index is 15.2. The van der Waals surface area contributed by atoms with Gasteiger partial charge in [-0.3, -0.25) is 4.79 Å². The molecule has 13 heteroatoms. The molecule has 0 bridgehead atoms. The van der Waals surface area contributed by atoms with Crippen LogP contribution < -0.4 is 10.2 Å². The number of benzene rings is 1. The van der Waals surface area contributed by atoms with Gasteiger partial charge in [-0.05, 0) is 31.0 Å². The van der Waals surface area contributed by atoms with E-state index in [1.54, 1.807) is 4.57 Å². The number of aromatic nitrogens is 5. The summed E-state index contributed by atoms with van der Waals surface area (Å²) in [6, 6.07) is 3.85. The third kappa shape index (κ3) is 4.96. The first-order valence-corrected chi connectivity index (χ1v) is 12.0. The van der Waals surface area contributed by atoms with Crippen LogP contribution in [0, 0.1) is 17.5 Å². The van der Waals surface area contributed by atoms with Gasteiger partial charge < -0.3 is 24.8 Å². The number of carbonyl (C=O) groups excluding carboxylic acids is 1. The smallest absolute Gasteiger partial charge is 0.253 e. The zero-order chi connectivity index (χ0) is 26.8. The molecule has 1 saturated heterocycles. The first-order chi connectivity index (χ1) is 18.4. The molecule has 0 aliphatic carbocycles. The van der Waals surface area contributed by atoms with Crippen LogP contribution in [0.2, 0.25) is 0 Å². The van der Waals surface area contributed by atoms with Gasteiger partial charge in [0.05, 0.1) is 30.1 Å². The Morgan fingerprint density at radius 3 is 2.53 bits per heavy atom. The summed E-state index contributed by atoms with van der Waals surface area (Å²) < 4.78 is 44.9. The quantitative estimate of drug-likeness (QED) is 0.377. The molecular weight excluding hydrogens is 501 g/mol. The largest absolute Gasteiger partial charge is 0.395 e. The number of halogens is 3. The molecule has 3 aromatic heterocycles. The van der Waals surface area contributed by atoms with Crippen molar-refractivity contribution in [2.75, 3.05) is 43.5 Å². The van der Waals surface area contributed by atoms with Crippen molar-refractivity contribution in [3.05, 3.63) is 66.1 Å². The van der Waals surface area contributed by atoms with Gasteiger partial charge in [0.2, 0.25) is 5.95 Å². The van der Waals surface area contributed by atoms with E-state index in [2.05, 4.69) is 25.3 Å². The fourth-order valence-corrected chi connectivity index (χ4v) is 4.57. The lowest BCUT2D eigenvalue weighted by Gasteiger charge is -2.32. The van der Waals surface area contributed by atoms with E-state index in [9.17, 15) is 13.6 Å². The minimum Gasteiger partial charge on any atom is -0.395 e. The Hall–Kier alpha value is -4.26. The number of carbonyl (C=O) groups is 1. The molecule has 0 atom stereocenters. The molecule has 4 aromatic rings. The van der Waals surface area contributed by atoms with E-state index in [0.29, 0.717) is 37.5 Å². The van der Waals surface area contributed by atoms with Gasteiger partial charge in [-0.2, -0.15) is 0 Å². The highest BCUT2D eigenvalue weighted by molar-refractivity contribution is 5.95. The van der Waals surface area contributed by atoms with Crippen molar-refractivity contribution < 1.29 is 23.1 Å².